The molecule has 7 nitrogen and oxygen atoms in total. The van der Waals surface area contributed by atoms with Crippen LogP contribution in [-0.2, 0) is 14.8 Å². The van der Waals surface area contributed by atoms with E-state index in [0.717, 1.165) is 15.7 Å². The maximum atomic E-state index is 13.4. The number of methoxy groups -OCH3 is 1. The molecular formula is C24H24FN3O4S. The summed E-state index contributed by atoms with van der Waals surface area (Å²) >= 11 is 0. The Morgan fingerprint density at radius 2 is 1.88 bits per heavy atom. The summed E-state index contributed by atoms with van der Waals surface area (Å²) in [5.41, 5.74) is 2.80. The van der Waals surface area contributed by atoms with Gasteiger partial charge in [0, 0.05) is 12.6 Å². The van der Waals surface area contributed by atoms with Crippen molar-refractivity contribution in [2.24, 2.45) is 0 Å². The Morgan fingerprint density at radius 3 is 2.52 bits per heavy atom. The van der Waals surface area contributed by atoms with Crippen molar-refractivity contribution in [2.45, 2.75) is 32.7 Å². The third-order valence-electron chi connectivity index (χ3n) is 5.65. The van der Waals surface area contributed by atoms with Crippen LogP contribution in [0.1, 0.15) is 42.6 Å². The highest BCUT2D eigenvalue weighted by Gasteiger charge is 2.39. The third-order valence-corrected chi connectivity index (χ3v) is 7.67. The Kier molecular flexibility index (Phi) is 6.07. The van der Waals surface area contributed by atoms with Crippen LogP contribution >= 0.6 is 0 Å². The molecule has 1 aliphatic rings. The van der Waals surface area contributed by atoms with Crippen LogP contribution in [0.25, 0.3) is 11.8 Å². The van der Waals surface area contributed by atoms with Gasteiger partial charge < -0.3 is 9.30 Å². The van der Waals surface area contributed by atoms with Crippen LogP contribution in [0.3, 0.4) is 0 Å². The van der Waals surface area contributed by atoms with Gasteiger partial charge in [-0.3, -0.25) is 4.79 Å². The zero-order valence-electron chi connectivity index (χ0n) is 18.5. The molecule has 1 saturated heterocycles. The SMILES string of the molecule is COc1cc(/C=C2\CCC(=O)N(C(C)c3ccc(F)cc3)S2(=O)=O)ccc1-n1cnc(C)c1. The smallest absolute Gasteiger partial charge is 0.263 e. The van der Waals surface area contributed by atoms with Crippen LogP contribution in [-0.4, -0.2) is 35.3 Å². The Hall–Kier alpha value is -3.46. The molecule has 2 heterocycles. The average molecular weight is 470 g/mol. The van der Waals surface area contributed by atoms with Crippen LogP contribution in [0.5, 0.6) is 5.75 Å². The third kappa shape index (κ3) is 4.41. The molecule has 0 saturated carbocycles. The molecule has 0 radical (unpaired) electrons. The molecule has 1 atom stereocenters. The van der Waals surface area contributed by atoms with E-state index in [9.17, 15) is 17.6 Å². The van der Waals surface area contributed by atoms with E-state index >= 15 is 0 Å². The van der Waals surface area contributed by atoms with Crippen molar-refractivity contribution in [1.82, 2.24) is 13.9 Å². The van der Waals surface area contributed by atoms with Crippen molar-refractivity contribution in [2.75, 3.05) is 7.11 Å². The number of aromatic nitrogens is 2. The van der Waals surface area contributed by atoms with E-state index < -0.39 is 27.8 Å². The average Bonchev–Trinajstić information content (AvgIpc) is 3.21. The number of nitrogens with zero attached hydrogens (tertiary/aromatic N) is 3. The van der Waals surface area contributed by atoms with E-state index in [-0.39, 0.29) is 17.7 Å². The lowest BCUT2D eigenvalue weighted by Gasteiger charge is -2.33. The zero-order chi connectivity index (χ0) is 23.8. The number of amides is 1. The summed E-state index contributed by atoms with van der Waals surface area (Å²) in [6, 6.07) is 10.1. The van der Waals surface area contributed by atoms with Gasteiger partial charge in [0.05, 0.1) is 35.8 Å². The van der Waals surface area contributed by atoms with Gasteiger partial charge in [0.15, 0.2) is 0 Å². The number of halogens is 1. The topological polar surface area (TPSA) is 81.5 Å². The monoisotopic (exact) mass is 469 g/mol. The lowest BCUT2D eigenvalue weighted by Crippen LogP contribution is -2.42. The Bertz CT molecular complexity index is 1330. The van der Waals surface area contributed by atoms with Crippen molar-refractivity contribution >= 4 is 22.0 Å². The fourth-order valence-electron chi connectivity index (χ4n) is 3.91. The van der Waals surface area contributed by atoms with Gasteiger partial charge in [-0.1, -0.05) is 18.2 Å². The lowest BCUT2D eigenvalue weighted by atomic mass is 10.1. The second-order valence-electron chi connectivity index (χ2n) is 7.89. The first-order valence-corrected chi connectivity index (χ1v) is 11.9. The molecule has 33 heavy (non-hydrogen) atoms. The molecule has 0 spiro atoms. The van der Waals surface area contributed by atoms with E-state index in [1.165, 1.54) is 24.3 Å². The molecule has 1 aromatic heterocycles. The maximum Gasteiger partial charge on any atom is 0.263 e. The Balaban J connectivity index is 1.69. The Morgan fingerprint density at radius 1 is 1.15 bits per heavy atom. The molecule has 1 fully saturated rings. The summed E-state index contributed by atoms with van der Waals surface area (Å²) < 4.78 is 48.3. The second-order valence-corrected chi connectivity index (χ2v) is 9.75. The molecule has 3 aromatic rings. The molecule has 1 amide bonds. The van der Waals surface area contributed by atoms with Gasteiger partial charge in [0.2, 0.25) is 5.91 Å². The largest absolute Gasteiger partial charge is 0.495 e. The number of hydrogen-bond acceptors (Lipinski definition) is 5. The van der Waals surface area contributed by atoms with E-state index in [4.69, 9.17) is 4.74 Å². The van der Waals surface area contributed by atoms with E-state index in [1.807, 2.05) is 23.8 Å². The first-order valence-electron chi connectivity index (χ1n) is 10.4. The highest BCUT2D eigenvalue weighted by atomic mass is 32.2. The molecule has 0 N–H and O–H groups in total. The van der Waals surface area contributed by atoms with Crippen molar-refractivity contribution in [3.63, 3.8) is 0 Å². The molecule has 0 bridgehead atoms. The molecule has 1 aliphatic heterocycles. The van der Waals surface area contributed by atoms with Crippen LogP contribution in [0.2, 0.25) is 0 Å². The molecular weight excluding hydrogens is 445 g/mol. The van der Waals surface area contributed by atoms with Crippen LogP contribution in [0.4, 0.5) is 4.39 Å². The number of aryl methyl sites for hydroxylation is 1. The minimum atomic E-state index is -4.05. The summed E-state index contributed by atoms with van der Waals surface area (Å²) in [7, 11) is -2.51. The van der Waals surface area contributed by atoms with Crippen molar-refractivity contribution in [1.29, 1.82) is 0 Å². The van der Waals surface area contributed by atoms with E-state index in [2.05, 4.69) is 4.98 Å². The Labute approximate surface area is 192 Å². The molecule has 4 rings (SSSR count). The highest BCUT2D eigenvalue weighted by Crippen LogP contribution is 2.35. The van der Waals surface area contributed by atoms with Gasteiger partial charge in [-0.25, -0.2) is 22.1 Å². The van der Waals surface area contributed by atoms with Gasteiger partial charge in [-0.2, -0.15) is 0 Å². The molecule has 9 heteroatoms. The summed E-state index contributed by atoms with van der Waals surface area (Å²) in [4.78, 5) is 17.0. The summed E-state index contributed by atoms with van der Waals surface area (Å²) in [6.07, 6.45) is 5.29. The standard InChI is InChI=1S/C24H24FN3O4S/c1-16-14-27(15-26-16)22-10-4-18(13-23(22)32-3)12-21-9-11-24(29)28(33(21,30)31)17(2)19-5-7-20(25)8-6-19/h4-8,10,12-15,17H,9,11H2,1-3H3/b21-12+. The zero-order valence-corrected chi connectivity index (χ0v) is 19.3. The van der Waals surface area contributed by atoms with Crippen molar-refractivity contribution in [3.8, 4) is 11.4 Å². The first kappa shape index (κ1) is 22.7. The normalized spacial score (nSPS) is 17.9. The fraction of sp³-hybridized carbons (Fsp3) is 0.250. The summed E-state index contributed by atoms with van der Waals surface area (Å²) in [6.45, 7) is 3.51. The quantitative estimate of drug-likeness (QED) is 0.554. The fourth-order valence-corrected chi connectivity index (χ4v) is 5.71. The number of imidazole rings is 1. The van der Waals surface area contributed by atoms with Crippen molar-refractivity contribution in [3.05, 3.63) is 82.5 Å². The number of hydrogen-bond donors (Lipinski definition) is 0. The number of carbonyl (C=O) groups excluding carboxylic acids is 1. The van der Waals surface area contributed by atoms with Gasteiger partial charge in [0.25, 0.3) is 10.0 Å². The van der Waals surface area contributed by atoms with Crippen LogP contribution in [0.15, 0.2) is 59.9 Å². The number of carbonyl (C=O) groups is 1. The number of sulfonamides is 1. The molecule has 172 valence electrons. The van der Waals surface area contributed by atoms with Gasteiger partial charge in [0.1, 0.15) is 11.6 Å². The molecule has 2 aromatic carbocycles. The predicted molar refractivity (Wildman–Crippen MR) is 123 cm³/mol. The minimum Gasteiger partial charge on any atom is -0.495 e. The number of rotatable bonds is 5. The predicted octanol–water partition coefficient (Wildman–Crippen LogP) is 4.38. The molecule has 0 aliphatic carbocycles. The lowest BCUT2D eigenvalue weighted by molar-refractivity contribution is -0.128. The minimum absolute atomic E-state index is 0.0696. The maximum absolute atomic E-state index is 13.4. The van der Waals surface area contributed by atoms with Crippen molar-refractivity contribution < 1.29 is 22.3 Å². The van der Waals surface area contributed by atoms with E-state index in [0.29, 0.717) is 16.9 Å². The van der Waals surface area contributed by atoms with Gasteiger partial charge in [-0.15, -0.1) is 0 Å². The number of ether oxygens (including phenoxy) is 1. The van der Waals surface area contributed by atoms with E-state index in [1.54, 1.807) is 38.6 Å². The first-order chi connectivity index (χ1) is 15.7. The van der Waals surface area contributed by atoms with Gasteiger partial charge in [-0.05, 0) is 61.7 Å². The molecule has 1 unspecified atom stereocenters. The number of benzene rings is 2. The summed E-state index contributed by atoms with van der Waals surface area (Å²) in [5, 5.41) is 0. The number of allylic oxidation sites excluding steroid dienone is 1. The second kappa shape index (κ2) is 8.82. The van der Waals surface area contributed by atoms with Crippen LogP contribution < -0.4 is 4.74 Å². The highest BCUT2D eigenvalue weighted by molar-refractivity contribution is 7.93. The van der Waals surface area contributed by atoms with Crippen LogP contribution in [0, 0.1) is 12.7 Å². The van der Waals surface area contributed by atoms with Gasteiger partial charge >= 0.3 is 0 Å². The summed E-state index contributed by atoms with van der Waals surface area (Å²) in [5.74, 6) is -0.349.